The van der Waals surface area contributed by atoms with Crippen molar-refractivity contribution in [3.63, 3.8) is 0 Å². The Balaban J connectivity index is 2.78. The van der Waals surface area contributed by atoms with Gasteiger partial charge in [0.2, 0.25) is 0 Å². The highest BCUT2D eigenvalue weighted by Crippen LogP contribution is 2.26. The van der Waals surface area contributed by atoms with Crippen LogP contribution in [0.4, 0.5) is 0 Å². The molecule has 0 aromatic heterocycles. The zero-order valence-corrected chi connectivity index (χ0v) is 10.1. The zero-order chi connectivity index (χ0) is 12.0. The molecule has 0 saturated heterocycles. The molecule has 3 nitrogen and oxygen atoms in total. The van der Waals surface area contributed by atoms with Gasteiger partial charge in [-0.1, -0.05) is 23.7 Å². The number of benzene rings is 1. The first kappa shape index (κ1) is 13.0. The van der Waals surface area contributed by atoms with E-state index in [1.807, 2.05) is 19.1 Å². The molecular formula is C12H14ClNO2. The second kappa shape index (κ2) is 6.49. The van der Waals surface area contributed by atoms with E-state index < -0.39 is 0 Å². The van der Waals surface area contributed by atoms with Crippen LogP contribution in [0.3, 0.4) is 0 Å². The molecular weight excluding hydrogens is 226 g/mol. The van der Waals surface area contributed by atoms with Gasteiger partial charge in [-0.25, -0.2) is 0 Å². The molecule has 0 unspecified atom stereocenters. The van der Waals surface area contributed by atoms with Crippen LogP contribution in [-0.2, 0) is 15.9 Å². The number of rotatable bonds is 5. The van der Waals surface area contributed by atoms with Crippen molar-refractivity contribution in [1.29, 1.82) is 5.26 Å². The van der Waals surface area contributed by atoms with Crippen molar-refractivity contribution in [2.45, 2.75) is 19.4 Å². The van der Waals surface area contributed by atoms with Crippen LogP contribution in [0.25, 0.3) is 0 Å². The summed E-state index contributed by atoms with van der Waals surface area (Å²) < 4.78 is 10.2. The van der Waals surface area contributed by atoms with E-state index in [0.717, 1.165) is 11.1 Å². The molecule has 0 saturated carbocycles. The first-order chi connectivity index (χ1) is 7.69. The number of halogens is 1. The van der Waals surface area contributed by atoms with Crippen molar-refractivity contribution in [1.82, 2.24) is 0 Å². The largest absolute Gasteiger partial charge is 0.359 e. The highest BCUT2D eigenvalue weighted by molar-refractivity contribution is 6.31. The maximum absolute atomic E-state index is 8.57. The summed E-state index contributed by atoms with van der Waals surface area (Å²) in [5, 5.41) is 9.19. The summed E-state index contributed by atoms with van der Waals surface area (Å²) in [6.45, 7) is 2.14. The van der Waals surface area contributed by atoms with Crippen molar-refractivity contribution < 1.29 is 9.47 Å². The number of hydrogen-bond donors (Lipinski definition) is 0. The zero-order valence-electron chi connectivity index (χ0n) is 9.37. The first-order valence-electron chi connectivity index (χ1n) is 4.95. The van der Waals surface area contributed by atoms with Gasteiger partial charge < -0.3 is 9.47 Å². The van der Waals surface area contributed by atoms with Crippen molar-refractivity contribution in [3.05, 3.63) is 34.3 Å². The third-order valence-corrected chi connectivity index (χ3v) is 2.55. The van der Waals surface area contributed by atoms with Crippen LogP contribution in [0.5, 0.6) is 0 Å². The highest BCUT2D eigenvalue weighted by Gasteiger charge is 2.10. The maximum atomic E-state index is 8.57. The molecule has 86 valence electrons. The molecule has 0 spiro atoms. The molecule has 4 heteroatoms. The molecule has 0 fully saturated rings. The molecule has 0 heterocycles. The fraction of sp³-hybridized carbons (Fsp3) is 0.417. The van der Waals surface area contributed by atoms with Crippen LogP contribution in [0.1, 0.15) is 24.2 Å². The summed E-state index contributed by atoms with van der Waals surface area (Å²) in [4.78, 5) is 0. The van der Waals surface area contributed by atoms with Crippen LogP contribution in [0, 0.1) is 11.3 Å². The van der Waals surface area contributed by atoms with E-state index in [4.69, 9.17) is 26.3 Å². The highest BCUT2D eigenvalue weighted by atomic mass is 35.5. The second-order valence-electron chi connectivity index (χ2n) is 3.41. The van der Waals surface area contributed by atoms with Crippen molar-refractivity contribution in [3.8, 4) is 6.07 Å². The summed E-state index contributed by atoms with van der Waals surface area (Å²) in [5.74, 6) is 0. The molecule has 1 atom stereocenters. The van der Waals surface area contributed by atoms with Crippen LogP contribution in [0.15, 0.2) is 18.2 Å². The smallest absolute Gasteiger partial charge is 0.147 e. The van der Waals surface area contributed by atoms with Gasteiger partial charge in [0.05, 0.1) is 18.6 Å². The molecule has 0 aliphatic rings. The van der Waals surface area contributed by atoms with Crippen molar-refractivity contribution in [2.75, 3.05) is 13.9 Å². The minimum atomic E-state index is -0.122. The molecule has 1 rings (SSSR count). The Bertz CT molecular complexity index is 387. The molecule has 0 aliphatic heterocycles. The molecule has 0 bridgehead atoms. The van der Waals surface area contributed by atoms with Gasteiger partial charge in [-0.15, -0.1) is 0 Å². The average Bonchev–Trinajstić information content (AvgIpc) is 2.26. The monoisotopic (exact) mass is 239 g/mol. The topological polar surface area (TPSA) is 42.2 Å². The maximum Gasteiger partial charge on any atom is 0.147 e. The standard InChI is InChI=1S/C12H14ClNO2/c1-9(16-8-15-2)11-4-3-10(5-6-14)7-12(11)13/h3-4,7,9H,5,8H2,1-2H3/t9-/m0/s1. The van der Waals surface area contributed by atoms with E-state index in [1.54, 1.807) is 13.2 Å². The lowest BCUT2D eigenvalue weighted by Gasteiger charge is -2.14. The van der Waals surface area contributed by atoms with E-state index in [-0.39, 0.29) is 12.9 Å². The third-order valence-electron chi connectivity index (χ3n) is 2.22. The number of methoxy groups -OCH3 is 1. The van der Waals surface area contributed by atoms with E-state index in [1.165, 1.54) is 0 Å². The Morgan fingerprint density at radius 2 is 2.25 bits per heavy atom. The van der Waals surface area contributed by atoms with Gasteiger partial charge >= 0.3 is 0 Å². The SMILES string of the molecule is COCO[C@@H](C)c1ccc(CC#N)cc1Cl. The number of nitriles is 1. The molecule has 1 aromatic rings. The third kappa shape index (κ3) is 3.49. The molecule has 0 aliphatic carbocycles. The molecule has 16 heavy (non-hydrogen) atoms. The predicted molar refractivity (Wildman–Crippen MR) is 62.1 cm³/mol. The Labute approximate surface area is 101 Å². The van der Waals surface area contributed by atoms with Crippen LogP contribution in [0.2, 0.25) is 5.02 Å². The predicted octanol–water partition coefficient (Wildman–Crippen LogP) is 3.09. The summed E-state index contributed by atoms with van der Waals surface area (Å²) in [5.41, 5.74) is 1.82. The Morgan fingerprint density at radius 3 is 2.81 bits per heavy atom. The van der Waals surface area contributed by atoms with E-state index in [0.29, 0.717) is 11.4 Å². The quantitative estimate of drug-likeness (QED) is 0.742. The second-order valence-corrected chi connectivity index (χ2v) is 3.81. The van der Waals surface area contributed by atoms with Gasteiger partial charge in [-0.3, -0.25) is 0 Å². The van der Waals surface area contributed by atoms with Gasteiger partial charge in [0, 0.05) is 12.1 Å². The molecule has 0 amide bonds. The van der Waals surface area contributed by atoms with Crippen molar-refractivity contribution >= 4 is 11.6 Å². The van der Waals surface area contributed by atoms with Crippen LogP contribution < -0.4 is 0 Å². The summed E-state index contributed by atoms with van der Waals surface area (Å²) in [6, 6.07) is 7.65. The minimum Gasteiger partial charge on any atom is -0.359 e. The van der Waals surface area contributed by atoms with Gasteiger partial charge in [-0.05, 0) is 24.1 Å². The first-order valence-corrected chi connectivity index (χ1v) is 5.32. The fourth-order valence-electron chi connectivity index (χ4n) is 1.36. The Morgan fingerprint density at radius 1 is 1.50 bits per heavy atom. The number of nitrogens with zero attached hydrogens (tertiary/aromatic N) is 1. The molecule has 1 aromatic carbocycles. The number of ether oxygens (including phenoxy) is 2. The van der Waals surface area contributed by atoms with Gasteiger partial charge in [-0.2, -0.15) is 5.26 Å². The van der Waals surface area contributed by atoms with Crippen molar-refractivity contribution in [2.24, 2.45) is 0 Å². The van der Waals surface area contributed by atoms with Crippen LogP contribution in [-0.4, -0.2) is 13.9 Å². The lowest BCUT2D eigenvalue weighted by Crippen LogP contribution is -2.03. The molecule has 0 radical (unpaired) electrons. The summed E-state index contributed by atoms with van der Waals surface area (Å²) >= 11 is 6.11. The van der Waals surface area contributed by atoms with E-state index in [2.05, 4.69) is 6.07 Å². The van der Waals surface area contributed by atoms with E-state index >= 15 is 0 Å². The fourth-order valence-corrected chi connectivity index (χ4v) is 1.72. The van der Waals surface area contributed by atoms with Gasteiger partial charge in [0.25, 0.3) is 0 Å². The molecule has 0 N–H and O–H groups in total. The van der Waals surface area contributed by atoms with Gasteiger partial charge in [0.15, 0.2) is 0 Å². The Hall–Kier alpha value is -1.08. The van der Waals surface area contributed by atoms with E-state index in [9.17, 15) is 0 Å². The lowest BCUT2D eigenvalue weighted by atomic mass is 10.1. The van der Waals surface area contributed by atoms with Crippen LogP contribution >= 0.6 is 11.6 Å². The lowest BCUT2D eigenvalue weighted by molar-refractivity contribution is -0.0666. The summed E-state index contributed by atoms with van der Waals surface area (Å²) in [7, 11) is 1.57. The number of hydrogen-bond acceptors (Lipinski definition) is 3. The normalized spacial score (nSPS) is 12.1. The minimum absolute atomic E-state index is 0.122. The van der Waals surface area contributed by atoms with Gasteiger partial charge in [0.1, 0.15) is 6.79 Å². The average molecular weight is 240 g/mol. The summed E-state index contributed by atoms with van der Waals surface area (Å²) in [6.07, 6.45) is 0.247. The Kier molecular flexibility index (Phi) is 5.27.